The van der Waals surface area contributed by atoms with Crippen molar-refractivity contribution in [3.63, 3.8) is 0 Å². The SMILES string of the molecule is CC(C)(C)N1CCN(CC(=O)c2ccco2)CC1. The third-order valence-corrected chi connectivity index (χ3v) is 3.48. The first-order valence-corrected chi connectivity index (χ1v) is 6.51. The van der Waals surface area contributed by atoms with Crippen LogP contribution in [-0.4, -0.2) is 53.8 Å². The Hall–Kier alpha value is -1.13. The molecule has 2 rings (SSSR count). The van der Waals surface area contributed by atoms with Gasteiger partial charge in [-0.05, 0) is 32.9 Å². The van der Waals surface area contributed by atoms with E-state index in [4.69, 9.17) is 4.42 Å². The number of hydrogen-bond acceptors (Lipinski definition) is 4. The van der Waals surface area contributed by atoms with Crippen LogP contribution in [0.1, 0.15) is 31.3 Å². The van der Waals surface area contributed by atoms with Crippen molar-refractivity contribution in [2.24, 2.45) is 0 Å². The summed E-state index contributed by atoms with van der Waals surface area (Å²) >= 11 is 0. The van der Waals surface area contributed by atoms with Crippen molar-refractivity contribution < 1.29 is 9.21 Å². The average molecular weight is 250 g/mol. The summed E-state index contributed by atoms with van der Waals surface area (Å²) in [7, 11) is 0. The molecule has 0 spiro atoms. The number of nitrogens with zero attached hydrogens (tertiary/aromatic N) is 2. The third kappa shape index (κ3) is 3.21. The molecule has 0 aromatic carbocycles. The number of piperazine rings is 1. The lowest BCUT2D eigenvalue weighted by Gasteiger charge is -2.42. The summed E-state index contributed by atoms with van der Waals surface area (Å²) in [5.74, 6) is 0.539. The van der Waals surface area contributed by atoms with Gasteiger partial charge in [-0.15, -0.1) is 0 Å². The van der Waals surface area contributed by atoms with Crippen LogP contribution in [0.3, 0.4) is 0 Å². The molecule has 4 nitrogen and oxygen atoms in total. The van der Waals surface area contributed by atoms with Crippen LogP contribution in [0.2, 0.25) is 0 Å². The van der Waals surface area contributed by atoms with Crippen molar-refractivity contribution in [3.05, 3.63) is 24.2 Å². The Morgan fingerprint density at radius 3 is 2.44 bits per heavy atom. The van der Waals surface area contributed by atoms with Crippen molar-refractivity contribution in [2.45, 2.75) is 26.3 Å². The Balaban J connectivity index is 1.82. The van der Waals surface area contributed by atoms with Crippen LogP contribution >= 0.6 is 0 Å². The largest absolute Gasteiger partial charge is 0.461 e. The summed E-state index contributed by atoms with van der Waals surface area (Å²) in [6.45, 7) is 11.1. The number of carbonyl (C=O) groups excluding carboxylic acids is 1. The summed E-state index contributed by atoms with van der Waals surface area (Å²) in [5, 5.41) is 0. The molecule has 0 bridgehead atoms. The molecule has 0 aliphatic carbocycles. The van der Waals surface area contributed by atoms with E-state index in [1.54, 1.807) is 18.4 Å². The van der Waals surface area contributed by atoms with Gasteiger partial charge in [-0.25, -0.2) is 0 Å². The van der Waals surface area contributed by atoms with E-state index in [1.165, 1.54) is 0 Å². The second-order valence-electron chi connectivity index (χ2n) is 5.83. The van der Waals surface area contributed by atoms with E-state index in [1.807, 2.05) is 0 Å². The first-order valence-electron chi connectivity index (χ1n) is 6.51. The van der Waals surface area contributed by atoms with Crippen LogP contribution in [0.5, 0.6) is 0 Å². The molecule has 0 radical (unpaired) electrons. The number of rotatable bonds is 3. The molecule has 4 heteroatoms. The number of Topliss-reactive ketones (excluding diaryl/α,β-unsaturated/α-hetero) is 1. The molecule has 18 heavy (non-hydrogen) atoms. The lowest BCUT2D eigenvalue weighted by Crippen LogP contribution is -2.54. The fourth-order valence-electron chi connectivity index (χ4n) is 2.30. The summed E-state index contributed by atoms with van der Waals surface area (Å²) < 4.78 is 5.13. The lowest BCUT2D eigenvalue weighted by atomic mass is 10.0. The molecule has 1 fully saturated rings. The van der Waals surface area contributed by atoms with Gasteiger partial charge in [0.05, 0.1) is 12.8 Å². The highest BCUT2D eigenvalue weighted by Gasteiger charge is 2.26. The minimum atomic E-state index is 0.0733. The van der Waals surface area contributed by atoms with E-state index in [-0.39, 0.29) is 11.3 Å². The van der Waals surface area contributed by atoms with Crippen molar-refractivity contribution in [2.75, 3.05) is 32.7 Å². The summed E-state index contributed by atoms with van der Waals surface area (Å²) in [4.78, 5) is 16.6. The lowest BCUT2D eigenvalue weighted by molar-refractivity contribution is 0.0569. The molecule has 1 aliphatic rings. The Kier molecular flexibility index (Phi) is 3.88. The fourth-order valence-corrected chi connectivity index (χ4v) is 2.30. The third-order valence-electron chi connectivity index (χ3n) is 3.48. The van der Waals surface area contributed by atoms with Gasteiger partial charge in [-0.3, -0.25) is 14.6 Å². The van der Waals surface area contributed by atoms with Gasteiger partial charge in [-0.2, -0.15) is 0 Å². The fraction of sp³-hybridized carbons (Fsp3) is 0.643. The van der Waals surface area contributed by atoms with Gasteiger partial charge in [0.1, 0.15) is 0 Å². The summed E-state index contributed by atoms with van der Waals surface area (Å²) in [5.41, 5.74) is 0.219. The number of carbonyl (C=O) groups is 1. The van der Waals surface area contributed by atoms with Crippen LogP contribution in [0.4, 0.5) is 0 Å². The smallest absolute Gasteiger partial charge is 0.211 e. The molecule has 100 valence electrons. The van der Waals surface area contributed by atoms with Gasteiger partial charge in [0.15, 0.2) is 5.76 Å². The molecular weight excluding hydrogens is 228 g/mol. The zero-order valence-corrected chi connectivity index (χ0v) is 11.5. The second-order valence-corrected chi connectivity index (χ2v) is 5.83. The van der Waals surface area contributed by atoms with E-state index >= 15 is 0 Å². The molecule has 0 amide bonds. The van der Waals surface area contributed by atoms with E-state index in [9.17, 15) is 4.79 Å². The second kappa shape index (κ2) is 5.24. The normalized spacial score (nSPS) is 19.1. The first-order chi connectivity index (χ1) is 8.47. The quantitative estimate of drug-likeness (QED) is 0.768. The molecule has 0 atom stereocenters. The molecular formula is C14H22N2O2. The van der Waals surface area contributed by atoms with Crippen LogP contribution in [0.15, 0.2) is 22.8 Å². The zero-order valence-electron chi connectivity index (χ0n) is 11.5. The highest BCUT2D eigenvalue weighted by atomic mass is 16.3. The highest BCUT2D eigenvalue weighted by molar-refractivity contribution is 5.94. The minimum absolute atomic E-state index is 0.0733. The number of hydrogen-bond donors (Lipinski definition) is 0. The zero-order chi connectivity index (χ0) is 13.2. The van der Waals surface area contributed by atoms with Gasteiger partial charge in [-0.1, -0.05) is 0 Å². The molecule has 1 saturated heterocycles. The molecule has 0 N–H and O–H groups in total. The van der Waals surface area contributed by atoms with Gasteiger partial charge >= 0.3 is 0 Å². The van der Waals surface area contributed by atoms with E-state index in [2.05, 4.69) is 30.6 Å². The maximum atomic E-state index is 11.9. The van der Waals surface area contributed by atoms with E-state index < -0.39 is 0 Å². The topological polar surface area (TPSA) is 36.7 Å². The van der Waals surface area contributed by atoms with Crippen LogP contribution in [0, 0.1) is 0 Å². The Morgan fingerprint density at radius 2 is 1.94 bits per heavy atom. The van der Waals surface area contributed by atoms with Gasteiger partial charge in [0.25, 0.3) is 0 Å². The molecule has 2 heterocycles. The van der Waals surface area contributed by atoms with Crippen molar-refractivity contribution in [1.82, 2.24) is 9.80 Å². The van der Waals surface area contributed by atoms with Crippen molar-refractivity contribution >= 4 is 5.78 Å². The standard InChI is InChI=1S/C14H22N2O2/c1-14(2,3)16-8-6-15(7-9-16)11-12(17)13-5-4-10-18-13/h4-5,10H,6-9,11H2,1-3H3. The molecule has 1 aliphatic heterocycles. The summed E-state index contributed by atoms with van der Waals surface area (Å²) in [6.07, 6.45) is 1.55. The molecule has 0 saturated carbocycles. The van der Waals surface area contributed by atoms with Crippen LogP contribution < -0.4 is 0 Å². The van der Waals surface area contributed by atoms with Crippen molar-refractivity contribution in [3.8, 4) is 0 Å². The molecule has 0 unspecified atom stereocenters. The first kappa shape index (κ1) is 13.3. The maximum absolute atomic E-state index is 11.9. The van der Waals surface area contributed by atoms with Gasteiger partial charge < -0.3 is 4.42 Å². The van der Waals surface area contributed by atoms with Crippen molar-refractivity contribution in [1.29, 1.82) is 0 Å². The summed E-state index contributed by atoms with van der Waals surface area (Å²) in [6, 6.07) is 3.48. The number of furan rings is 1. The Morgan fingerprint density at radius 1 is 1.28 bits per heavy atom. The molecule has 1 aromatic heterocycles. The van der Waals surface area contributed by atoms with Gasteiger partial charge in [0, 0.05) is 31.7 Å². The number of ketones is 1. The predicted molar refractivity (Wildman–Crippen MR) is 70.8 cm³/mol. The predicted octanol–water partition coefficient (Wildman–Crippen LogP) is 1.88. The van der Waals surface area contributed by atoms with Crippen LogP contribution in [0.25, 0.3) is 0 Å². The highest BCUT2D eigenvalue weighted by Crippen LogP contribution is 2.16. The Bertz CT molecular complexity index is 384. The van der Waals surface area contributed by atoms with E-state index in [0.717, 1.165) is 26.2 Å². The monoisotopic (exact) mass is 250 g/mol. The Labute approximate surface area is 109 Å². The van der Waals surface area contributed by atoms with Crippen LogP contribution in [-0.2, 0) is 0 Å². The van der Waals surface area contributed by atoms with E-state index in [0.29, 0.717) is 12.3 Å². The average Bonchev–Trinajstić information content (AvgIpc) is 2.82. The van der Waals surface area contributed by atoms with Gasteiger partial charge in [0.2, 0.25) is 5.78 Å². The maximum Gasteiger partial charge on any atom is 0.211 e. The minimum Gasteiger partial charge on any atom is -0.461 e. The molecule has 1 aromatic rings.